The van der Waals surface area contributed by atoms with Crippen molar-refractivity contribution in [2.24, 2.45) is 0 Å². The molecular formula is C26H54O7. The van der Waals surface area contributed by atoms with Crippen LogP contribution in [0.3, 0.4) is 0 Å². The maximum atomic E-state index is 6.55. The molecule has 0 atom stereocenters. The van der Waals surface area contributed by atoms with E-state index in [-0.39, 0.29) is 0 Å². The van der Waals surface area contributed by atoms with Crippen molar-refractivity contribution in [1.82, 2.24) is 0 Å². The zero-order chi connectivity index (χ0) is 26.9. The molecule has 200 valence electrons. The van der Waals surface area contributed by atoms with Crippen molar-refractivity contribution in [3.63, 3.8) is 0 Å². The highest BCUT2D eigenvalue weighted by Crippen LogP contribution is 2.42. The summed E-state index contributed by atoms with van der Waals surface area (Å²) in [5.74, 6) is 0. The summed E-state index contributed by atoms with van der Waals surface area (Å²) in [5, 5.41) is 0. The molecule has 0 aliphatic heterocycles. The topological polar surface area (TPSA) is 64.6 Å². The molecule has 0 bridgehead atoms. The van der Waals surface area contributed by atoms with Crippen LogP contribution in [0.25, 0.3) is 0 Å². The summed E-state index contributed by atoms with van der Waals surface area (Å²) in [4.78, 5) is 0. The molecule has 0 aromatic carbocycles. The van der Waals surface area contributed by atoms with E-state index in [1.54, 1.807) is 0 Å². The van der Waals surface area contributed by atoms with Gasteiger partial charge in [0.25, 0.3) is 0 Å². The predicted octanol–water partition coefficient (Wildman–Crippen LogP) is 7.12. The second-order valence-electron chi connectivity index (χ2n) is 14.4. The number of ether oxygens (including phenoxy) is 7. The van der Waals surface area contributed by atoms with Gasteiger partial charge in [0, 0.05) is 0 Å². The van der Waals surface area contributed by atoms with Gasteiger partial charge in [0.15, 0.2) is 0 Å². The van der Waals surface area contributed by atoms with Gasteiger partial charge in [-0.3, -0.25) is 28.4 Å². The van der Waals surface area contributed by atoms with Gasteiger partial charge < -0.3 is 0 Å². The lowest BCUT2D eigenvalue weighted by Gasteiger charge is -2.50. The SMILES string of the molecule is CC(C)(C)OC(OC(C)(C)C)(OC(C)(C)C)OC(OC(C)(C)C)(OC(C)(C)C)OC(C)(C)C. The molecule has 33 heavy (non-hydrogen) atoms. The first-order valence-electron chi connectivity index (χ1n) is 11.9. The Kier molecular flexibility index (Phi) is 9.91. The van der Waals surface area contributed by atoms with E-state index in [0.717, 1.165) is 0 Å². The molecule has 0 aromatic rings. The van der Waals surface area contributed by atoms with Gasteiger partial charge in [0.1, 0.15) is 0 Å². The van der Waals surface area contributed by atoms with Crippen LogP contribution in [0.1, 0.15) is 125 Å². The zero-order valence-corrected chi connectivity index (χ0v) is 24.9. The van der Waals surface area contributed by atoms with Gasteiger partial charge in [0.2, 0.25) is 0 Å². The molecule has 0 aromatic heterocycles. The third-order valence-electron chi connectivity index (χ3n) is 2.84. The average molecular weight is 479 g/mol. The molecule has 0 saturated carbocycles. The van der Waals surface area contributed by atoms with E-state index in [4.69, 9.17) is 33.2 Å². The van der Waals surface area contributed by atoms with Crippen molar-refractivity contribution in [1.29, 1.82) is 0 Å². The molecule has 0 radical (unpaired) electrons. The van der Waals surface area contributed by atoms with Crippen LogP contribution >= 0.6 is 0 Å². The molecule has 0 saturated heterocycles. The maximum Gasteiger partial charge on any atom is 0.420 e. The van der Waals surface area contributed by atoms with Gasteiger partial charge in [-0.05, 0) is 125 Å². The second kappa shape index (κ2) is 10.00. The molecule has 7 heteroatoms. The predicted molar refractivity (Wildman–Crippen MR) is 132 cm³/mol. The van der Waals surface area contributed by atoms with Crippen molar-refractivity contribution in [3.05, 3.63) is 0 Å². The Morgan fingerprint density at radius 1 is 0.212 bits per heavy atom. The van der Waals surface area contributed by atoms with E-state index < -0.39 is 45.9 Å². The lowest BCUT2D eigenvalue weighted by Crippen LogP contribution is -2.63. The van der Waals surface area contributed by atoms with E-state index in [1.807, 2.05) is 125 Å². The Morgan fingerprint density at radius 2 is 0.333 bits per heavy atom. The standard InChI is InChI=1S/C26H54O7/c1-19(2,3)27-25(28-20(4,5)6,29-21(7,8)9)33-26(30-22(10,11)12,31-23(13,14)15)32-24(16,17)18/h1-18H3. The third-order valence-corrected chi connectivity index (χ3v) is 2.84. The highest BCUT2D eigenvalue weighted by Gasteiger charge is 2.58. The van der Waals surface area contributed by atoms with Gasteiger partial charge in [0.05, 0.1) is 33.6 Å². The molecular weight excluding hydrogens is 424 g/mol. The summed E-state index contributed by atoms with van der Waals surface area (Å²) in [5.41, 5.74) is -4.29. The fraction of sp³-hybridized carbons (Fsp3) is 1.00. The summed E-state index contributed by atoms with van der Waals surface area (Å²) in [6.45, 7) is 34.1. The maximum absolute atomic E-state index is 6.55. The van der Waals surface area contributed by atoms with Crippen LogP contribution in [-0.2, 0) is 33.2 Å². The molecule has 0 N–H and O–H groups in total. The molecule has 0 aliphatic rings. The van der Waals surface area contributed by atoms with Crippen LogP contribution in [0.5, 0.6) is 0 Å². The number of hydrogen-bond acceptors (Lipinski definition) is 7. The van der Waals surface area contributed by atoms with E-state index >= 15 is 0 Å². The molecule has 0 rings (SSSR count). The van der Waals surface area contributed by atoms with Crippen LogP contribution in [0.2, 0.25) is 0 Å². The molecule has 0 unspecified atom stereocenters. The average Bonchev–Trinajstić information content (AvgIpc) is 2.20. The van der Waals surface area contributed by atoms with Crippen LogP contribution in [0.15, 0.2) is 0 Å². The normalized spacial score (nSPS) is 15.8. The molecule has 0 heterocycles. The van der Waals surface area contributed by atoms with Crippen molar-refractivity contribution in [2.75, 3.05) is 0 Å². The smallest absolute Gasteiger partial charge is 0.297 e. The fourth-order valence-electron chi connectivity index (χ4n) is 2.65. The van der Waals surface area contributed by atoms with E-state index in [9.17, 15) is 0 Å². The Hall–Kier alpha value is -0.280. The monoisotopic (exact) mass is 478 g/mol. The molecule has 0 spiro atoms. The molecule has 0 aliphatic carbocycles. The Balaban J connectivity index is 7.07. The lowest BCUT2D eigenvalue weighted by atomic mass is 10.1. The van der Waals surface area contributed by atoms with Crippen molar-refractivity contribution < 1.29 is 33.2 Å². The first-order chi connectivity index (χ1) is 13.9. The summed E-state index contributed by atoms with van der Waals surface area (Å²) in [6, 6.07) is 0. The highest BCUT2D eigenvalue weighted by atomic mass is 17.1. The van der Waals surface area contributed by atoms with E-state index in [2.05, 4.69) is 0 Å². The second-order valence-corrected chi connectivity index (χ2v) is 14.4. The Morgan fingerprint density at radius 3 is 0.424 bits per heavy atom. The first kappa shape index (κ1) is 32.7. The minimum Gasteiger partial charge on any atom is -0.297 e. The van der Waals surface area contributed by atoms with Gasteiger partial charge in [-0.1, -0.05) is 0 Å². The number of rotatable bonds is 8. The summed E-state index contributed by atoms with van der Waals surface area (Å²) < 4.78 is 44.8. The van der Waals surface area contributed by atoms with Gasteiger partial charge in [-0.2, -0.15) is 0 Å². The van der Waals surface area contributed by atoms with Crippen LogP contribution in [-0.4, -0.2) is 45.9 Å². The summed E-state index contributed by atoms with van der Waals surface area (Å²) in [6.07, 6.45) is -4.06. The highest BCUT2D eigenvalue weighted by molar-refractivity contribution is 4.75. The van der Waals surface area contributed by atoms with Gasteiger partial charge in [-0.15, -0.1) is 0 Å². The third kappa shape index (κ3) is 16.1. The van der Waals surface area contributed by atoms with Crippen molar-refractivity contribution in [3.8, 4) is 0 Å². The zero-order valence-electron chi connectivity index (χ0n) is 24.9. The molecule has 7 nitrogen and oxygen atoms in total. The minimum atomic E-state index is -2.03. The summed E-state index contributed by atoms with van der Waals surface area (Å²) in [7, 11) is 0. The van der Waals surface area contributed by atoms with Gasteiger partial charge >= 0.3 is 12.3 Å². The van der Waals surface area contributed by atoms with Crippen LogP contribution in [0.4, 0.5) is 0 Å². The Bertz CT molecular complexity index is 464. The van der Waals surface area contributed by atoms with E-state index in [1.165, 1.54) is 0 Å². The van der Waals surface area contributed by atoms with Crippen LogP contribution < -0.4 is 0 Å². The van der Waals surface area contributed by atoms with Crippen molar-refractivity contribution >= 4 is 0 Å². The quantitative estimate of drug-likeness (QED) is 0.344. The largest absolute Gasteiger partial charge is 0.420 e. The Labute approximate surface area is 204 Å². The summed E-state index contributed by atoms with van der Waals surface area (Å²) >= 11 is 0. The number of hydrogen-bond donors (Lipinski definition) is 0. The van der Waals surface area contributed by atoms with Gasteiger partial charge in [-0.25, -0.2) is 4.74 Å². The molecule has 0 amide bonds. The van der Waals surface area contributed by atoms with Crippen LogP contribution in [0, 0.1) is 0 Å². The van der Waals surface area contributed by atoms with E-state index in [0.29, 0.717) is 0 Å². The first-order valence-corrected chi connectivity index (χ1v) is 11.9. The lowest BCUT2D eigenvalue weighted by molar-refractivity contribution is -0.657. The molecule has 0 fully saturated rings. The minimum absolute atomic E-state index is 0.715. The van der Waals surface area contributed by atoms with Crippen molar-refractivity contribution in [2.45, 2.75) is 171 Å². The fourth-order valence-corrected chi connectivity index (χ4v) is 2.65.